The fourth-order valence-electron chi connectivity index (χ4n) is 2.16. The van der Waals surface area contributed by atoms with Crippen LogP contribution in [0, 0.1) is 17.2 Å². The van der Waals surface area contributed by atoms with Gasteiger partial charge in [-0.15, -0.1) is 0 Å². The topological polar surface area (TPSA) is 65.9 Å². The molecule has 0 aromatic carbocycles. The molecule has 0 aliphatic carbocycles. The van der Waals surface area contributed by atoms with Gasteiger partial charge in [0, 0.05) is 19.3 Å². The number of hydrogen-bond acceptors (Lipinski definition) is 4. The van der Waals surface area contributed by atoms with Crippen LogP contribution in [-0.4, -0.2) is 18.1 Å². The summed E-state index contributed by atoms with van der Waals surface area (Å²) in [6.45, 7) is 4.25. The predicted octanol–water partition coefficient (Wildman–Crippen LogP) is 1.77. The minimum absolute atomic E-state index is 0.521. The van der Waals surface area contributed by atoms with Crippen LogP contribution in [0.15, 0.2) is 12.3 Å². The fraction of sp³-hybridized carbons (Fsp3) is 0.500. The van der Waals surface area contributed by atoms with E-state index in [0.29, 0.717) is 11.3 Å². The summed E-state index contributed by atoms with van der Waals surface area (Å²) >= 11 is 0. The molecule has 1 aliphatic rings. The summed E-state index contributed by atoms with van der Waals surface area (Å²) in [6, 6.07) is 3.74. The third-order valence-corrected chi connectivity index (χ3v) is 3.19. The Kier molecular flexibility index (Phi) is 2.95. The number of nitrogen functional groups attached to an aromatic ring is 1. The quantitative estimate of drug-likeness (QED) is 0.818. The Hall–Kier alpha value is -1.76. The van der Waals surface area contributed by atoms with Gasteiger partial charge in [-0.3, -0.25) is 0 Å². The lowest BCUT2D eigenvalue weighted by Gasteiger charge is -2.18. The smallest absolute Gasteiger partial charge is 0.151 e. The average Bonchev–Trinajstić information content (AvgIpc) is 2.77. The number of rotatable bonds is 2. The lowest BCUT2D eigenvalue weighted by Crippen LogP contribution is -2.22. The van der Waals surface area contributed by atoms with E-state index in [-0.39, 0.29) is 0 Å². The minimum atomic E-state index is 0.521. The Balaban J connectivity index is 2.19. The molecule has 2 heterocycles. The van der Waals surface area contributed by atoms with Crippen LogP contribution < -0.4 is 10.6 Å². The third-order valence-electron chi connectivity index (χ3n) is 3.19. The van der Waals surface area contributed by atoms with Crippen molar-refractivity contribution in [2.75, 3.05) is 23.7 Å². The van der Waals surface area contributed by atoms with Crippen LogP contribution in [0.2, 0.25) is 0 Å². The van der Waals surface area contributed by atoms with Crippen molar-refractivity contribution in [3.63, 3.8) is 0 Å². The van der Waals surface area contributed by atoms with Crippen molar-refractivity contribution in [1.29, 1.82) is 5.26 Å². The highest BCUT2D eigenvalue weighted by Crippen LogP contribution is 2.28. The maximum absolute atomic E-state index is 8.74. The molecule has 1 aromatic heterocycles. The second-order valence-electron chi connectivity index (χ2n) is 4.26. The first-order chi connectivity index (χ1) is 7.74. The van der Waals surface area contributed by atoms with E-state index in [1.165, 1.54) is 12.8 Å². The van der Waals surface area contributed by atoms with Gasteiger partial charge in [0.1, 0.15) is 6.07 Å². The Bertz CT molecular complexity index is 422. The number of aromatic nitrogens is 1. The van der Waals surface area contributed by atoms with Gasteiger partial charge in [0.05, 0.1) is 11.3 Å². The molecule has 1 unspecified atom stereocenters. The van der Waals surface area contributed by atoms with Crippen molar-refractivity contribution in [3.05, 3.63) is 17.8 Å². The lowest BCUT2D eigenvalue weighted by atomic mass is 10.1. The highest BCUT2D eigenvalue weighted by molar-refractivity contribution is 5.64. The van der Waals surface area contributed by atoms with Gasteiger partial charge in [0.25, 0.3) is 0 Å². The molecule has 1 atom stereocenters. The Labute approximate surface area is 95.7 Å². The van der Waals surface area contributed by atoms with Crippen molar-refractivity contribution in [3.8, 4) is 6.07 Å². The van der Waals surface area contributed by atoms with Crippen LogP contribution in [0.1, 0.15) is 25.3 Å². The van der Waals surface area contributed by atoms with Crippen LogP contribution in [0.25, 0.3) is 0 Å². The first kappa shape index (κ1) is 10.7. The summed E-state index contributed by atoms with van der Waals surface area (Å²) < 4.78 is 0. The van der Waals surface area contributed by atoms with Crippen molar-refractivity contribution in [2.45, 2.75) is 19.8 Å². The molecular weight excluding hydrogens is 200 g/mol. The van der Waals surface area contributed by atoms with E-state index in [2.05, 4.69) is 16.8 Å². The molecule has 2 N–H and O–H groups in total. The number of pyridine rings is 1. The zero-order valence-corrected chi connectivity index (χ0v) is 9.48. The lowest BCUT2D eigenvalue weighted by molar-refractivity contribution is 0.569. The van der Waals surface area contributed by atoms with Crippen LogP contribution in [0.4, 0.5) is 11.5 Å². The van der Waals surface area contributed by atoms with Gasteiger partial charge in [0.2, 0.25) is 0 Å². The number of nitrogens with two attached hydrogens (primary N) is 1. The molecule has 1 aromatic rings. The second kappa shape index (κ2) is 4.40. The van der Waals surface area contributed by atoms with Gasteiger partial charge in [-0.25, -0.2) is 4.98 Å². The summed E-state index contributed by atoms with van der Waals surface area (Å²) in [6.07, 6.45) is 4.00. The highest BCUT2D eigenvalue weighted by Gasteiger charge is 2.23. The van der Waals surface area contributed by atoms with Crippen molar-refractivity contribution >= 4 is 11.5 Å². The summed E-state index contributed by atoms with van der Waals surface area (Å²) in [5, 5.41) is 8.74. The van der Waals surface area contributed by atoms with Gasteiger partial charge in [0.15, 0.2) is 5.82 Å². The van der Waals surface area contributed by atoms with E-state index in [9.17, 15) is 0 Å². The van der Waals surface area contributed by atoms with E-state index < -0.39 is 0 Å². The van der Waals surface area contributed by atoms with E-state index in [4.69, 9.17) is 11.0 Å². The summed E-state index contributed by atoms with van der Waals surface area (Å²) in [5.41, 5.74) is 7.04. The summed E-state index contributed by atoms with van der Waals surface area (Å²) in [7, 11) is 0. The monoisotopic (exact) mass is 216 g/mol. The Morgan fingerprint density at radius 2 is 2.50 bits per heavy atom. The van der Waals surface area contributed by atoms with Crippen LogP contribution >= 0.6 is 0 Å². The fourth-order valence-corrected chi connectivity index (χ4v) is 2.16. The Morgan fingerprint density at radius 3 is 3.06 bits per heavy atom. The summed E-state index contributed by atoms with van der Waals surface area (Å²) in [4.78, 5) is 6.49. The first-order valence-electron chi connectivity index (χ1n) is 5.65. The van der Waals surface area contributed by atoms with Crippen LogP contribution in [0.3, 0.4) is 0 Å². The minimum Gasteiger partial charge on any atom is -0.396 e. The summed E-state index contributed by atoms with van der Waals surface area (Å²) in [5.74, 6) is 1.58. The predicted molar refractivity (Wildman–Crippen MR) is 64.0 cm³/mol. The van der Waals surface area contributed by atoms with Gasteiger partial charge in [-0.2, -0.15) is 5.26 Å². The first-order valence-corrected chi connectivity index (χ1v) is 5.65. The zero-order chi connectivity index (χ0) is 11.5. The molecule has 1 aliphatic heterocycles. The van der Waals surface area contributed by atoms with Crippen molar-refractivity contribution in [1.82, 2.24) is 4.98 Å². The van der Waals surface area contributed by atoms with Gasteiger partial charge in [-0.05, 0) is 18.4 Å². The molecule has 2 rings (SSSR count). The highest BCUT2D eigenvalue weighted by atomic mass is 15.2. The number of anilines is 2. The molecule has 1 saturated heterocycles. The normalized spacial score (nSPS) is 19.8. The number of hydrogen-bond donors (Lipinski definition) is 1. The molecule has 1 fully saturated rings. The van der Waals surface area contributed by atoms with E-state index >= 15 is 0 Å². The SMILES string of the molecule is CCC1CCN(c2ncc(C#N)cc2N)C1. The standard InChI is InChI=1S/C12H16N4/c1-2-9-3-4-16(8-9)12-11(14)5-10(6-13)7-15-12/h5,7,9H,2-4,8,14H2,1H3. The average molecular weight is 216 g/mol. The molecule has 0 saturated carbocycles. The van der Waals surface area contributed by atoms with Crippen LogP contribution in [0.5, 0.6) is 0 Å². The van der Waals surface area contributed by atoms with Gasteiger partial charge in [-0.1, -0.05) is 13.3 Å². The number of nitriles is 1. The Morgan fingerprint density at radius 1 is 1.69 bits per heavy atom. The second-order valence-corrected chi connectivity index (χ2v) is 4.26. The maximum Gasteiger partial charge on any atom is 0.151 e. The molecule has 0 spiro atoms. The van der Waals surface area contributed by atoms with Crippen LogP contribution in [-0.2, 0) is 0 Å². The van der Waals surface area contributed by atoms with E-state index in [0.717, 1.165) is 24.8 Å². The molecule has 4 nitrogen and oxygen atoms in total. The molecule has 84 valence electrons. The molecule has 4 heteroatoms. The van der Waals surface area contributed by atoms with Crippen molar-refractivity contribution < 1.29 is 0 Å². The number of nitrogens with zero attached hydrogens (tertiary/aromatic N) is 3. The maximum atomic E-state index is 8.74. The van der Waals surface area contributed by atoms with E-state index in [1.807, 2.05) is 6.07 Å². The molecule has 0 bridgehead atoms. The van der Waals surface area contributed by atoms with Gasteiger partial charge < -0.3 is 10.6 Å². The van der Waals surface area contributed by atoms with Crippen molar-refractivity contribution in [2.24, 2.45) is 5.92 Å². The van der Waals surface area contributed by atoms with Gasteiger partial charge >= 0.3 is 0 Å². The largest absolute Gasteiger partial charge is 0.396 e. The third kappa shape index (κ3) is 1.94. The molecule has 0 radical (unpaired) electrons. The molecule has 16 heavy (non-hydrogen) atoms. The molecule has 0 amide bonds. The molecular formula is C12H16N4. The zero-order valence-electron chi connectivity index (χ0n) is 9.48. The van der Waals surface area contributed by atoms with E-state index in [1.54, 1.807) is 12.3 Å².